The average molecular weight is 489 g/mol. The van der Waals surface area contributed by atoms with Crippen LogP contribution in [-0.4, -0.2) is 53.6 Å². The first-order valence-corrected chi connectivity index (χ1v) is 12.9. The molecule has 0 fully saturated rings. The van der Waals surface area contributed by atoms with Crippen molar-refractivity contribution in [2.75, 3.05) is 63.1 Å². The molecule has 6 heteroatoms. The molecule has 3 aromatic carbocycles. The molecule has 1 aliphatic rings. The van der Waals surface area contributed by atoms with Crippen LogP contribution >= 0.6 is 11.8 Å². The summed E-state index contributed by atoms with van der Waals surface area (Å²) in [7, 11) is 9.99. The van der Waals surface area contributed by atoms with Crippen molar-refractivity contribution in [3.8, 4) is 0 Å². The summed E-state index contributed by atoms with van der Waals surface area (Å²) in [4.78, 5) is 11.5. The van der Waals surface area contributed by atoms with Crippen LogP contribution in [0.5, 0.6) is 0 Å². The maximum Gasteiger partial charge on any atom is 0.252 e. The Morgan fingerprint density at radius 1 is 0.743 bits per heavy atom. The Labute approximate surface area is 214 Å². The second-order valence-electron chi connectivity index (χ2n) is 9.12. The van der Waals surface area contributed by atoms with Crippen LogP contribution < -0.4 is 14.7 Å². The molecule has 0 spiro atoms. The van der Waals surface area contributed by atoms with Crippen molar-refractivity contribution in [1.29, 1.82) is 0 Å². The van der Waals surface area contributed by atoms with Gasteiger partial charge in [-0.3, -0.25) is 0 Å². The number of methoxy groups -OCH3 is 1. The molecule has 1 heterocycles. The number of hydrogen-bond acceptors (Lipinski definition) is 6. The molecular formula is C29H36N4OS. The lowest BCUT2D eigenvalue weighted by Crippen LogP contribution is -2.31. The van der Waals surface area contributed by atoms with Crippen molar-refractivity contribution in [3.63, 3.8) is 0 Å². The van der Waals surface area contributed by atoms with E-state index in [4.69, 9.17) is 9.73 Å². The minimum atomic E-state index is -0.486. The summed E-state index contributed by atoms with van der Waals surface area (Å²) in [6.45, 7) is 6.28. The molecule has 0 unspecified atom stereocenters. The van der Waals surface area contributed by atoms with E-state index in [1.54, 1.807) is 18.9 Å². The summed E-state index contributed by atoms with van der Waals surface area (Å²) >= 11 is 1.67. The van der Waals surface area contributed by atoms with Crippen molar-refractivity contribution in [1.82, 2.24) is 0 Å². The van der Waals surface area contributed by atoms with Crippen molar-refractivity contribution >= 4 is 39.7 Å². The van der Waals surface area contributed by atoms with E-state index < -0.39 is 4.75 Å². The third kappa shape index (κ3) is 4.59. The van der Waals surface area contributed by atoms with E-state index in [-0.39, 0.29) is 0 Å². The Morgan fingerprint density at radius 2 is 1.23 bits per heavy atom. The van der Waals surface area contributed by atoms with Gasteiger partial charge in [-0.05, 0) is 73.1 Å². The molecule has 184 valence electrons. The van der Waals surface area contributed by atoms with Crippen molar-refractivity contribution in [2.24, 2.45) is 4.99 Å². The van der Waals surface area contributed by atoms with Crippen LogP contribution in [0, 0.1) is 0 Å². The largest absolute Gasteiger partial charge is 0.476 e. The van der Waals surface area contributed by atoms with Crippen LogP contribution in [0.1, 0.15) is 30.5 Å². The summed E-state index contributed by atoms with van der Waals surface area (Å²) in [5, 5.41) is 0.669. The Morgan fingerprint density at radius 3 is 1.66 bits per heavy atom. The number of hydrogen-bond donors (Lipinski definition) is 0. The van der Waals surface area contributed by atoms with E-state index in [1.165, 1.54) is 33.8 Å². The first-order chi connectivity index (χ1) is 16.8. The minimum absolute atomic E-state index is 0.486. The molecule has 0 radical (unpaired) electrons. The molecule has 0 bridgehead atoms. The van der Waals surface area contributed by atoms with Gasteiger partial charge >= 0.3 is 0 Å². The van der Waals surface area contributed by atoms with E-state index in [1.807, 2.05) is 0 Å². The first-order valence-electron chi connectivity index (χ1n) is 12.1. The molecule has 0 atom stereocenters. The minimum Gasteiger partial charge on any atom is -0.476 e. The predicted molar refractivity (Wildman–Crippen MR) is 153 cm³/mol. The summed E-state index contributed by atoms with van der Waals surface area (Å²) < 4.78 is 5.32. The van der Waals surface area contributed by atoms with Gasteiger partial charge in [-0.2, -0.15) is 0 Å². The molecule has 5 nitrogen and oxygen atoms in total. The third-order valence-electron chi connectivity index (χ3n) is 6.70. The second-order valence-corrected chi connectivity index (χ2v) is 10.3. The van der Waals surface area contributed by atoms with E-state index in [9.17, 15) is 0 Å². The molecule has 0 N–H and O–H groups in total. The van der Waals surface area contributed by atoms with Gasteiger partial charge in [-0.25, -0.2) is 4.99 Å². The quantitative estimate of drug-likeness (QED) is 0.387. The fraction of sp³-hybridized carbons (Fsp3) is 0.345. The maximum absolute atomic E-state index is 5.81. The Bertz CT molecular complexity index is 1130. The van der Waals surface area contributed by atoms with Gasteiger partial charge in [0.2, 0.25) is 0 Å². The Hall–Kier alpha value is -3.12. The SMILES string of the molecule is CCN(CC)c1ccc2c(c1)N=C(OC)SC2(c1ccc(N(C)C)cc1)c1ccc(N(C)C)cc1. The molecule has 35 heavy (non-hydrogen) atoms. The summed E-state index contributed by atoms with van der Waals surface area (Å²) in [5.41, 5.74) is 8.06. The highest BCUT2D eigenvalue weighted by atomic mass is 32.2. The van der Waals surface area contributed by atoms with Crippen molar-refractivity contribution in [2.45, 2.75) is 18.6 Å². The third-order valence-corrected chi connectivity index (χ3v) is 8.13. The molecule has 3 aromatic rings. The number of thioether (sulfide) groups is 1. The molecule has 1 aliphatic heterocycles. The van der Waals surface area contributed by atoms with E-state index in [0.717, 1.165) is 18.8 Å². The van der Waals surface area contributed by atoms with Crippen LogP contribution in [0.4, 0.5) is 22.7 Å². The second kappa shape index (κ2) is 10.2. The standard InChI is InChI=1S/C29H36N4OS/c1-8-33(9-2)25-18-19-26-27(20-25)30-28(34-7)35-29(26,21-10-14-23(15-11-21)31(3)4)22-12-16-24(17-13-22)32(5)6/h10-20H,8-9H2,1-7H3. The Balaban J connectivity index is 1.98. The predicted octanol–water partition coefficient (Wildman–Crippen LogP) is 6.34. The highest BCUT2D eigenvalue weighted by Crippen LogP contribution is 2.55. The zero-order chi connectivity index (χ0) is 25.2. The Kier molecular flexibility index (Phi) is 7.31. The number of nitrogens with zero attached hydrogens (tertiary/aromatic N) is 4. The fourth-order valence-electron chi connectivity index (χ4n) is 4.67. The molecule has 0 aromatic heterocycles. The van der Waals surface area contributed by atoms with E-state index in [2.05, 4.69) is 123 Å². The van der Waals surface area contributed by atoms with Crippen LogP contribution in [0.3, 0.4) is 0 Å². The number of rotatable bonds is 7. The first kappa shape index (κ1) is 25.0. The van der Waals surface area contributed by atoms with Gasteiger partial charge in [-0.1, -0.05) is 30.3 Å². The number of aliphatic imine (C=N–C) groups is 1. The highest BCUT2D eigenvalue weighted by Gasteiger charge is 2.44. The van der Waals surface area contributed by atoms with Gasteiger partial charge in [-0.15, -0.1) is 0 Å². The van der Waals surface area contributed by atoms with Crippen LogP contribution in [0.25, 0.3) is 0 Å². The van der Waals surface area contributed by atoms with Crippen molar-refractivity contribution < 1.29 is 4.74 Å². The van der Waals surface area contributed by atoms with E-state index >= 15 is 0 Å². The fourth-order valence-corrected chi connectivity index (χ4v) is 5.95. The smallest absolute Gasteiger partial charge is 0.252 e. The molecule has 0 amide bonds. The average Bonchev–Trinajstić information content (AvgIpc) is 2.88. The highest BCUT2D eigenvalue weighted by molar-refractivity contribution is 8.14. The van der Waals surface area contributed by atoms with E-state index in [0.29, 0.717) is 5.23 Å². The van der Waals surface area contributed by atoms with Gasteiger partial charge in [0.05, 0.1) is 12.8 Å². The van der Waals surface area contributed by atoms with Crippen molar-refractivity contribution in [3.05, 3.63) is 83.4 Å². The van der Waals surface area contributed by atoms with Crippen LogP contribution in [-0.2, 0) is 9.48 Å². The van der Waals surface area contributed by atoms with Crippen LogP contribution in [0.15, 0.2) is 71.7 Å². The molecular weight excluding hydrogens is 452 g/mol. The zero-order valence-corrected chi connectivity index (χ0v) is 22.7. The topological polar surface area (TPSA) is 31.3 Å². The molecule has 4 rings (SSSR count). The molecule has 0 aliphatic carbocycles. The summed E-state index contributed by atoms with van der Waals surface area (Å²) in [6, 6.07) is 24.4. The lowest BCUT2D eigenvalue weighted by molar-refractivity contribution is 0.415. The molecule has 0 saturated heterocycles. The van der Waals surface area contributed by atoms with Gasteiger partial charge in [0.1, 0.15) is 4.75 Å². The number of ether oxygens (including phenoxy) is 1. The monoisotopic (exact) mass is 488 g/mol. The maximum atomic E-state index is 5.81. The normalized spacial score (nSPS) is 14.1. The lowest BCUT2D eigenvalue weighted by atomic mass is 9.82. The zero-order valence-electron chi connectivity index (χ0n) is 21.9. The molecule has 0 saturated carbocycles. The van der Waals surface area contributed by atoms with Gasteiger partial charge in [0.25, 0.3) is 5.23 Å². The number of benzene rings is 3. The van der Waals surface area contributed by atoms with Gasteiger partial charge in [0, 0.05) is 63.9 Å². The van der Waals surface area contributed by atoms with Crippen LogP contribution in [0.2, 0.25) is 0 Å². The van der Waals surface area contributed by atoms with Gasteiger partial charge in [0.15, 0.2) is 0 Å². The van der Waals surface area contributed by atoms with Gasteiger partial charge < -0.3 is 19.4 Å². The summed E-state index contributed by atoms with van der Waals surface area (Å²) in [5.74, 6) is 0. The number of anilines is 3. The number of fused-ring (bicyclic) bond motifs is 1. The summed E-state index contributed by atoms with van der Waals surface area (Å²) in [6.07, 6.45) is 0. The lowest BCUT2D eigenvalue weighted by Gasteiger charge is -2.39.